The highest BCUT2D eigenvalue weighted by atomic mass is 19.4. The van der Waals surface area contributed by atoms with E-state index in [4.69, 9.17) is 5.11 Å². The number of rotatable bonds is 7. The number of alkyl halides is 3. The summed E-state index contributed by atoms with van der Waals surface area (Å²) in [5.41, 5.74) is 0.487. The average Bonchev–Trinajstić information content (AvgIpc) is 2.79. The van der Waals surface area contributed by atoms with Crippen molar-refractivity contribution >= 4 is 11.9 Å². The van der Waals surface area contributed by atoms with Crippen LogP contribution in [-0.2, 0) is 16.0 Å². The van der Waals surface area contributed by atoms with Crippen LogP contribution in [0.2, 0.25) is 0 Å². The van der Waals surface area contributed by atoms with Crippen LogP contribution in [0.15, 0.2) is 12.5 Å². The van der Waals surface area contributed by atoms with Crippen molar-refractivity contribution in [1.82, 2.24) is 20.6 Å². The molecule has 0 saturated heterocycles. The number of nitrogens with one attached hydrogen (secondary N) is 3. The molecule has 0 aliphatic rings. The van der Waals surface area contributed by atoms with Crippen LogP contribution in [0.5, 0.6) is 0 Å². The fourth-order valence-electron chi connectivity index (χ4n) is 1.38. The minimum atomic E-state index is -4.43. The molecule has 1 heterocycles. The van der Waals surface area contributed by atoms with Crippen molar-refractivity contribution in [3.05, 3.63) is 18.2 Å². The molecule has 0 saturated carbocycles. The Morgan fingerprint density at radius 1 is 1.45 bits per heavy atom. The van der Waals surface area contributed by atoms with E-state index >= 15 is 0 Å². The molecular weight excluding hydrogens is 281 g/mol. The molecule has 0 spiro atoms. The standard InChI is InChI=1S/C10H13F3N4O3/c11-10(12,13)4-14-3-8(18)17-7(9(19)20)1-6-2-15-5-16-6/h2,5,7,14H,1,3-4H2,(H,15,16)(H,17,18)(H,19,20)/t7-/m0/s1. The van der Waals surface area contributed by atoms with Crippen molar-refractivity contribution in [2.45, 2.75) is 18.6 Å². The predicted molar refractivity (Wildman–Crippen MR) is 60.8 cm³/mol. The largest absolute Gasteiger partial charge is 0.480 e. The molecule has 0 fully saturated rings. The summed E-state index contributed by atoms with van der Waals surface area (Å²) in [6.45, 7) is -1.94. The van der Waals surface area contributed by atoms with E-state index in [1.54, 1.807) is 0 Å². The lowest BCUT2D eigenvalue weighted by Gasteiger charge is -2.14. The fourth-order valence-corrected chi connectivity index (χ4v) is 1.38. The zero-order valence-corrected chi connectivity index (χ0v) is 10.2. The molecule has 1 rings (SSSR count). The van der Waals surface area contributed by atoms with Gasteiger partial charge in [-0.3, -0.25) is 4.79 Å². The van der Waals surface area contributed by atoms with E-state index in [0.29, 0.717) is 5.69 Å². The number of aliphatic carboxylic acids is 1. The van der Waals surface area contributed by atoms with Gasteiger partial charge in [-0.15, -0.1) is 0 Å². The summed E-state index contributed by atoms with van der Waals surface area (Å²) in [5.74, 6) is -2.12. The van der Waals surface area contributed by atoms with Gasteiger partial charge in [-0.25, -0.2) is 9.78 Å². The Bertz CT molecular complexity index is 447. The topological polar surface area (TPSA) is 107 Å². The summed E-state index contributed by atoms with van der Waals surface area (Å²) >= 11 is 0. The summed E-state index contributed by atoms with van der Waals surface area (Å²) in [5, 5.41) is 12.9. The number of carboxylic acid groups (broad SMARTS) is 1. The summed E-state index contributed by atoms with van der Waals surface area (Å²) < 4.78 is 35.5. The van der Waals surface area contributed by atoms with E-state index in [-0.39, 0.29) is 6.42 Å². The van der Waals surface area contributed by atoms with Crippen LogP contribution in [0, 0.1) is 0 Å². The van der Waals surface area contributed by atoms with Crippen molar-refractivity contribution in [1.29, 1.82) is 0 Å². The molecule has 0 aromatic carbocycles. The third-order valence-electron chi connectivity index (χ3n) is 2.22. The molecule has 1 amide bonds. The molecule has 1 aromatic heterocycles. The fraction of sp³-hybridized carbons (Fsp3) is 0.500. The summed E-state index contributed by atoms with van der Waals surface area (Å²) in [6, 6.07) is -1.24. The molecular formula is C10H13F3N4O3. The molecule has 4 N–H and O–H groups in total. The SMILES string of the molecule is O=C(CNCC(F)(F)F)N[C@@H](Cc1cnc[nH]1)C(=O)O. The number of carboxylic acids is 1. The Hall–Kier alpha value is -2.10. The first-order valence-corrected chi connectivity index (χ1v) is 5.55. The number of aromatic amines is 1. The smallest absolute Gasteiger partial charge is 0.401 e. The van der Waals surface area contributed by atoms with E-state index < -0.39 is 37.2 Å². The first-order chi connectivity index (χ1) is 9.28. The first kappa shape index (κ1) is 16.0. The Labute approximate surface area is 111 Å². The number of imidazole rings is 1. The molecule has 0 aliphatic heterocycles. The number of aromatic nitrogens is 2. The highest BCUT2D eigenvalue weighted by Crippen LogP contribution is 2.11. The molecule has 0 aliphatic carbocycles. The number of carbonyl (C=O) groups is 2. The van der Waals surface area contributed by atoms with Crippen LogP contribution in [0.1, 0.15) is 5.69 Å². The normalized spacial score (nSPS) is 12.9. The van der Waals surface area contributed by atoms with E-state index in [9.17, 15) is 22.8 Å². The number of nitrogens with zero attached hydrogens (tertiary/aromatic N) is 1. The molecule has 112 valence electrons. The molecule has 0 bridgehead atoms. The molecule has 0 radical (unpaired) electrons. The number of halogens is 3. The van der Waals surface area contributed by atoms with Gasteiger partial charge in [0.1, 0.15) is 6.04 Å². The lowest BCUT2D eigenvalue weighted by Crippen LogP contribution is -2.46. The summed E-state index contributed by atoms with van der Waals surface area (Å²) in [4.78, 5) is 28.6. The predicted octanol–water partition coefficient (Wildman–Crippen LogP) is -0.327. The molecule has 0 unspecified atom stereocenters. The van der Waals surface area contributed by atoms with Gasteiger partial charge in [0.05, 0.1) is 19.4 Å². The maximum Gasteiger partial charge on any atom is 0.401 e. The van der Waals surface area contributed by atoms with Crippen LogP contribution in [0.4, 0.5) is 13.2 Å². The van der Waals surface area contributed by atoms with Crippen LogP contribution >= 0.6 is 0 Å². The van der Waals surface area contributed by atoms with Gasteiger partial charge in [-0.1, -0.05) is 0 Å². The quantitative estimate of drug-likeness (QED) is 0.551. The van der Waals surface area contributed by atoms with E-state index in [1.807, 2.05) is 5.32 Å². The number of carbonyl (C=O) groups excluding carboxylic acids is 1. The van der Waals surface area contributed by atoms with Gasteiger partial charge in [0.15, 0.2) is 0 Å². The van der Waals surface area contributed by atoms with Crippen LogP contribution in [-0.4, -0.2) is 52.3 Å². The minimum absolute atomic E-state index is 0.0413. The van der Waals surface area contributed by atoms with Gasteiger partial charge in [0, 0.05) is 18.3 Å². The minimum Gasteiger partial charge on any atom is -0.480 e. The second kappa shape index (κ2) is 6.89. The lowest BCUT2D eigenvalue weighted by molar-refractivity contribution is -0.142. The van der Waals surface area contributed by atoms with Gasteiger partial charge < -0.3 is 20.7 Å². The first-order valence-electron chi connectivity index (χ1n) is 5.55. The Kier molecular flexibility index (Phi) is 5.50. The second-order valence-corrected chi connectivity index (χ2v) is 3.96. The Morgan fingerprint density at radius 3 is 2.65 bits per heavy atom. The third kappa shape index (κ3) is 6.18. The lowest BCUT2D eigenvalue weighted by atomic mass is 10.1. The summed E-state index contributed by atoms with van der Waals surface area (Å²) in [6.07, 6.45) is -1.73. The van der Waals surface area contributed by atoms with E-state index in [2.05, 4.69) is 15.3 Å². The van der Waals surface area contributed by atoms with Crippen molar-refractivity contribution < 1.29 is 27.9 Å². The monoisotopic (exact) mass is 294 g/mol. The number of amides is 1. The number of hydrogen-bond acceptors (Lipinski definition) is 4. The van der Waals surface area contributed by atoms with Crippen molar-refractivity contribution in [2.75, 3.05) is 13.1 Å². The molecule has 1 atom stereocenters. The highest BCUT2D eigenvalue weighted by Gasteiger charge is 2.27. The van der Waals surface area contributed by atoms with Gasteiger partial charge in [-0.05, 0) is 0 Å². The van der Waals surface area contributed by atoms with Gasteiger partial charge in [0.2, 0.25) is 5.91 Å². The molecule has 7 nitrogen and oxygen atoms in total. The van der Waals surface area contributed by atoms with Gasteiger partial charge in [-0.2, -0.15) is 13.2 Å². The van der Waals surface area contributed by atoms with Crippen molar-refractivity contribution in [3.8, 4) is 0 Å². The zero-order valence-electron chi connectivity index (χ0n) is 10.2. The van der Waals surface area contributed by atoms with Crippen LogP contribution in [0.25, 0.3) is 0 Å². The highest BCUT2D eigenvalue weighted by molar-refractivity contribution is 5.84. The number of H-pyrrole nitrogens is 1. The Morgan fingerprint density at radius 2 is 2.15 bits per heavy atom. The zero-order chi connectivity index (χ0) is 15.2. The maximum absolute atomic E-state index is 11.8. The molecule has 1 aromatic rings. The van der Waals surface area contributed by atoms with Gasteiger partial charge in [0.25, 0.3) is 0 Å². The van der Waals surface area contributed by atoms with Crippen molar-refractivity contribution in [3.63, 3.8) is 0 Å². The average molecular weight is 294 g/mol. The third-order valence-corrected chi connectivity index (χ3v) is 2.22. The summed E-state index contributed by atoms with van der Waals surface area (Å²) in [7, 11) is 0. The van der Waals surface area contributed by atoms with Crippen LogP contribution < -0.4 is 10.6 Å². The van der Waals surface area contributed by atoms with Gasteiger partial charge >= 0.3 is 12.1 Å². The number of hydrogen-bond donors (Lipinski definition) is 4. The maximum atomic E-state index is 11.8. The van der Waals surface area contributed by atoms with Crippen molar-refractivity contribution in [2.24, 2.45) is 0 Å². The Balaban J connectivity index is 2.41. The molecule has 10 heteroatoms. The van der Waals surface area contributed by atoms with Crippen LogP contribution in [0.3, 0.4) is 0 Å². The second-order valence-electron chi connectivity index (χ2n) is 3.96. The molecule has 20 heavy (non-hydrogen) atoms. The van der Waals surface area contributed by atoms with E-state index in [0.717, 1.165) is 0 Å². The van der Waals surface area contributed by atoms with E-state index in [1.165, 1.54) is 12.5 Å².